The van der Waals surface area contributed by atoms with Gasteiger partial charge in [0.25, 0.3) is 15.7 Å². The molecule has 0 heterocycles. The van der Waals surface area contributed by atoms with Crippen molar-refractivity contribution in [1.29, 1.82) is 0 Å². The van der Waals surface area contributed by atoms with Crippen LogP contribution >= 0.6 is 0 Å². The molecule has 0 saturated carbocycles. The second kappa shape index (κ2) is 8.17. The number of nitrogens with zero attached hydrogens (tertiary/aromatic N) is 3. The molecule has 0 fully saturated rings. The molecule has 0 aliphatic heterocycles. The molecule has 10 heteroatoms. The number of methoxy groups -OCH3 is 1. The van der Waals surface area contributed by atoms with Crippen LogP contribution in [0.5, 0.6) is 0 Å². The SMILES string of the molecule is COC(=O)c1cc([N+](=O)[O-])c(-c2ccc(C)cc2)c(S(=O)(=O)/N=C/N(C)C)c1. The molecular weight excluding hydrogens is 386 g/mol. The van der Waals surface area contributed by atoms with Crippen LogP contribution in [0, 0.1) is 17.0 Å². The van der Waals surface area contributed by atoms with Gasteiger partial charge in [-0.05, 0) is 18.6 Å². The summed E-state index contributed by atoms with van der Waals surface area (Å²) in [5.41, 5.74) is 0.266. The first kappa shape index (κ1) is 21.0. The molecule has 0 bridgehead atoms. The van der Waals surface area contributed by atoms with Crippen molar-refractivity contribution in [1.82, 2.24) is 4.90 Å². The molecule has 0 aliphatic rings. The van der Waals surface area contributed by atoms with Crippen LogP contribution in [0.15, 0.2) is 45.7 Å². The number of esters is 1. The van der Waals surface area contributed by atoms with E-state index in [9.17, 15) is 23.3 Å². The molecular formula is C18H19N3O6S. The van der Waals surface area contributed by atoms with Gasteiger partial charge in [0.2, 0.25) is 0 Å². The van der Waals surface area contributed by atoms with E-state index in [0.29, 0.717) is 5.56 Å². The highest BCUT2D eigenvalue weighted by Gasteiger charge is 2.30. The highest BCUT2D eigenvalue weighted by atomic mass is 32.2. The lowest BCUT2D eigenvalue weighted by atomic mass is 10.0. The van der Waals surface area contributed by atoms with E-state index in [0.717, 1.165) is 31.1 Å². The molecule has 0 atom stereocenters. The second-order valence-corrected chi connectivity index (χ2v) is 7.74. The Balaban J connectivity index is 2.92. The van der Waals surface area contributed by atoms with Crippen molar-refractivity contribution >= 4 is 28.0 Å². The van der Waals surface area contributed by atoms with Gasteiger partial charge >= 0.3 is 5.97 Å². The zero-order valence-electron chi connectivity index (χ0n) is 15.7. The van der Waals surface area contributed by atoms with Crippen molar-refractivity contribution < 1.29 is 22.9 Å². The van der Waals surface area contributed by atoms with Gasteiger partial charge in [-0.2, -0.15) is 8.42 Å². The molecule has 0 amide bonds. The van der Waals surface area contributed by atoms with E-state index in [1.165, 1.54) is 4.90 Å². The molecule has 0 spiro atoms. The number of carbonyl (C=O) groups excluding carboxylic acids is 1. The fourth-order valence-electron chi connectivity index (χ4n) is 2.41. The Morgan fingerprint density at radius 1 is 1.21 bits per heavy atom. The molecule has 0 aromatic heterocycles. The number of benzene rings is 2. The summed E-state index contributed by atoms with van der Waals surface area (Å²) < 4.78 is 33.8. The smallest absolute Gasteiger partial charge is 0.338 e. The number of rotatable bonds is 6. The number of sulfonamides is 1. The van der Waals surface area contributed by atoms with Crippen molar-refractivity contribution in [3.05, 3.63) is 57.6 Å². The summed E-state index contributed by atoms with van der Waals surface area (Å²) in [6.07, 6.45) is 1.06. The van der Waals surface area contributed by atoms with E-state index in [-0.39, 0.29) is 11.1 Å². The summed E-state index contributed by atoms with van der Waals surface area (Å²) in [7, 11) is -0.0981. The normalized spacial score (nSPS) is 11.4. The third kappa shape index (κ3) is 4.52. The number of hydrogen-bond donors (Lipinski definition) is 0. The van der Waals surface area contributed by atoms with Crippen LogP contribution in [0.3, 0.4) is 0 Å². The van der Waals surface area contributed by atoms with E-state index in [1.807, 2.05) is 6.92 Å². The molecule has 0 unspecified atom stereocenters. The first-order chi connectivity index (χ1) is 13.1. The lowest BCUT2D eigenvalue weighted by Gasteiger charge is -2.12. The molecule has 9 nitrogen and oxygen atoms in total. The molecule has 2 aromatic rings. The highest BCUT2D eigenvalue weighted by molar-refractivity contribution is 7.90. The average Bonchev–Trinajstić information content (AvgIpc) is 2.65. The number of nitro benzene ring substituents is 1. The summed E-state index contributed by atoms with van der Waals surface area (Å²) in [5, 5.41) is 11.7. The lowest BCUT2D eigenvalue weighted by molar-refractivity contribution is -0.384. The first-order valence-electron chi connectivity index (χ1n) is 8.01. The van der Waals surface area contributed by atoms with E-state index in [2.05, 4.69) is 9.13 Å². The Morgan fingerprint density at radius 2 is 1.82 bits per heavy atom. The van der Waals surface area contributed by atoms with Crippen LogP contribution in [0.25, 0.3) is 11.1 Å². The van der Waals surface area contributed by atoms with Crippen molar-refractivity contribution in [3.8, 4) is 11.1 Å². The van der Waals surface area contributed by atoms with Gasteiger partial charge in [0.15, 0.2) is 0 Å². The maximum Gasteiger partial charge on any atom is 0.338 e. The minimum atomic E-state index is -4.35. The van der Waals surface area contributed by atoms with Gasteiger partial charge in [0.05, 0.1) is 23.2 Å². The number of ether oxygens (including phenoxy) is 1. The molecule has 148 valence electrons. The summed E-state index contributed by atoms with van der Waals surface area (Å²) in [6, 6.07) is 8.58. The van der Waals surface area contributed by atoms with Crippen LogP contribution in [-0.2, 0) is 14.8 Å². The van der Waals surface area contributed by atoms with E-state index in [1.54, 1.807) is 38.4 Å². The van der Waals surface area contributed by atoms with Gasteiger partial charge in [-0.3, -0.25) is 10.1 Å². The van der Waals surface area contributed by atoms with Gasteiger partial charge in [-0.1, -0.05) is 29.8 Å². The van der Waals surface area contributed by atoms with Crippen molar-refractivity contribution in [3.63, 3.8) is 0 Å². The van der Waals surface area contributed by atoms with Gasteiger partial charge in [0, 0.05) is 20.2 Å². The summed E-state index contributed by atoms with van der Waals surface area (Å²) in [5.74, 6) is -0.897. The summed E-state index contributed by atoms with van der Waals surface area (Å²) >= 11 is 0. The Hall–Kier alpha value is -3.27. The third-order valence-corrected chi connectivity index (χ3v) is 4.98. The van der Waals surface area contributed by atoms with Gasteiger partial charge in [-0.15, -0.1) is 4.40 Å². The van der Waals surface area contributed by atoms with E-state index >= 15 is 0 Å². The molecule has 0 aliphatic carbocycles. The molecule has 28 heavy (non-hydrogen) atoms. The predicted molar refractivity (Wildman–Crippen MR) is 104 cm³/mol. The number of carbonyl (C=O) groups is 1. The van der Waals surface area contributed by atoms with E-state index < -0.39 is 31.5 Å². The largest absolute Gasteiger partial charge is 0.465 e. The van der Waals surface area contributed by atoms with Gasteiger partial charge in [-0.25, -0.2) is 4.79 Å². The first-order valence-corrected chi connectivity index (χ1v) is 9.45. The maximum atomic E-state index is 12.8. The fourth-order valence-corrected chi connectivity index (χ4v) is 3.59. The lowest BCUT2D eigenvalue weighted by Crippen LogP contribution is -2.12. The topological polar surface area (TPSA) is 119 Å². The average molecular weight is 405 g/mol. The van der Waals surface area contributed by atoms with E-state index in [4.69, 9.17) is 0 Å². The Labute approximate surface area is 162 Å². The Kier molecular flexibility index (Phi) is 6.14. The molecule has 0 saturated heterocycles. The molecule has 2 rings (SSSR count). The zero-order chi connectivity index (χ0) is 21.1. The third-order valence-electron chi connectivity index (χ3n) is 3.73. The molecule has 0 radical (unpaired) electrons. The minimum Gasteiger partial charge on any atom is -0.465 e. The zero-order valence-corrected chi connectivity index (χ0v) is 16.6. The Bertz CT molecular complexity index is 1040. The van der Waals surface area contributed by atoms with Gasteiger partial charge < -0.3 is 9.64 Å². The monoisotopic (exact) mass is 405 g/mol. The van der Waals surface area contributed by atoms with Crippen LogP contribution in [0.1, 0.15) is 15.9 Å². The van der Waals surface area contributed by atoms with Crippen LogP contribution in [0.2, 0.25) is 0 Å². The maximum absolute atomic E-state index is 12.8. The van der Waals surface area contributed by atoms with Crippen LogP contribution < -0.4 is 0 Å². The summed E-state index contributed by atoms with van der Waals surface area (Å²) in [4.78, 5) is 23.8. The standard InChI is InChI=1S/C18H19N3O6S/c1-12-5-7-13(8-6-12)17-15(21(23)24)9-14(18(22)27-4)10-16(17)28(25,26)19-11-20(2)3/h5-11H,1-4H3/b19-11+. The number of nitro groups is 1. The number of hydrogen-bond acceptors (Lipinski definition) is 6. The van der Waals surface area contributed by atoms with Crippen molar-refractivity contribution in [2.75, 3.05) is 21.2 Å². The number of aryl methyl sites for hydroxylation is 1. The van der Waals surface area contributed by atoms with Crippen molar-refractivity contribution in [2.45, 2.75) is 11.8 Å². The second-order valence-electron chi connectivity index (χ2n) is 6.14. The van der Waals surface area contributed by atoms with Crippen molar-refractivity contribution in [2.24, 2.45) is 4.40 Å². The predicted octanol–water partition coefficient (Wildman–Crippen LogP) is 2.64. The minimum absolute atomic E-state index is 0.145. The fraction of sp³-hybridized carbons (Fsp3) is 0.222. The summed E-state index contributed by atoms with van der Waals surface area (Å²) in [6.45, 7) is 1.83. The molecule has 2 aromatic carbocycles. The highest BCUT2D eigenvalue weighted by Crippen LogP contribution is 2.38. The molecule has 0 N–H and O–H groups in total. The van der Waals surface area contributed by atoms with Gasteiger partial charge in [0.1, 0.15) is 11.2 Å². The quantitative estimate of drug-likeness (QED) is 0.238. The van der Waals surface area contributed by atoms with Crippen LogP contribution in [0.4, 0.5) is 5.69 Å². The van der Waals surface area contributed by atoms with Crippen LogP contribution in [-0.4, -0.2) is 51.8 Å². The Morgan fingerprint density at radius 3 is 2.32 bits per heavy atom.